The predicted molar refractivity (Wildman–Crippen MR) is 105 cm³/mol. The van der Waals surface area contributed by atoms with Gasteiger partial charge in [0.1, 0.15) is 10.6 Å². The molecule has 1 saturated heterocycles. The molecule has 2 aromatic rings. The van der Waals surface area contributed by atoms with E-state index >= 15 is 0 Å². The molecule has 0 unspecified atom stereocenters. The fraction of sp³-hybridized carbons (Fsp3) is 0.368. The topological polar surface area (TPSA) is 49.9 Å². The molecule has 0 spiro atoms. The maximum Gasteiger partial charge on any atom is 0.246 e. The summed E-state index contributed by atoms with van der Waals surface area (Å²) in [6.45, 7) is 5.92. The van der Waals surface area contributed by atoms with Crippen molar-refractivity contribution in [3.05, 3.63) is 52.5 Å². The zero-order valence-corrected chi connectivity index (χ0v) is 16.8. The van der Waals surface area contributed by atoms with E-state index < -0.39 is 10.0 Å². The van der Waals surface area contributed by atoms with Crippen molar-refractivity contribution in [1.82, 2.24) is 4.31 Å². The number of anilines is 1. The summed E-state index contributed by atoms with van der Waals surface area (Å²) >= 11 is 6.22. The van der Waals surface area contributed by atoms with Crippen molar-refractivity contribution in [2.75, 3.05) is 38.2 Å². The first-order chi connectivity index (χ1) is 12.3. The summed E-state index contributed by atoms with van der Waals surface area (Å²) in [4.78, 5) is 2.39. The van der Waals surface area contributed by atoms with Crippen LogP contribution in [-0.4, -0.2) is 46.0 Å². The molecule has 2 aromatic carbocycles. The van der Waals surface area contributed by atoms with Gasteiger partial charge in [-0.3, -0.25) is 0 Å². The van der Waals surface area contributed by atoms with E-state index in [4.69, 9.17) is 16.3 Å². The first-order valence-electron chi connectivity index (χ1n) is 8.49. The van der Waals surface area contributed by atoms with E-state index in [1.54, 1.807) is 12.1 Å². The standard InChI is InChI=1S/C19H23ClN2O3S/c1-14-4-7-18(25-3)19(12-14)26(23,24)22-10-8-21(9-11-22)16-6-5-15(2)17(20)13-16/h4-7,12-13H,8-11H2,1-3H3. The second-order valence-corrected chi connectivity index (χ2v) is 8.79. The molecule has 0 saturated carbocycles. The highest BCUT2D eigenvalue weighted by molar-refractivity contribution is 7.89. The van der Waals surface area contributed by atoms with Gasteiger partial charge >= 0.3 is 0 Å². The van der Waals surface area contributed by atoms with Gasteiger partial charge in [0.15, 0.2) is 0 Å². The Labute approximate surface area is 160 Å². The molecule has 0 bridgehead atoms. The molecule has 0 atom stereocenters. The van der Waals surface area contributed by atoms with Gasteiger partial charge in [-0.2, -0.15) is 4.31 Å². The highest BCUT2D eigenvalue weighted by Gasteiger charge is 2.31. The Morgan fingerprint density at radius 1 is 1.00 bits per heavy atom. The molecule has 0 aliphatic carbocycles. The molecule has 1 aliphatic rings. The lowest BCUT2D eigenvalue weighted by atomic mass is 10.2. The Balaban J connectivity index is 1.79. The highest BCUT2D eigenvalue weighted by atomic mass is 35.5. The second kappa shape index (κ2) is 7.47. The summed E-state index contributed by atoms with van der Waals surface area (Å²) in [5.41, 5.74) is 2.94. The molecular formula is C19H23ClN2O3S. The van der Waals surface area contributed by atoms with E-state index in [0.29, 0.717) is 31.9 Å². The summed E-state index contributed by atoms with van der Waals surface area (Å²) in [5.74, 6) is 0.378. The third-order valence-corrected chi connectivity index (χ3v) is 7.02. The van der Waals surface area contributed by atoms with Crippen molar-refractivity contribution in [1.29, 1.82) is 0 Å². The zero-order chi connectivity index (χ0) is 18.9. The van der Waals surface area contributed by atoms with Gasteiger partial charge in [0.05, 0.1) is 7.11 Å². The van der Waals surface area contributed by atoms with Crippen molar-refractivity contribution in [3.63, 3.8) is 0 Å². The molecule has 1 fully saturated rings. The van der Waals surface area contributed by atoms with Crippen molar-refractivity contribution < 1.29 is 13.2 Å². The van der Waals surface area contributed by atoms with Gasteiger partial charge in [-0.1, -0.05) is 23.7 Å². The molecule has 1 aliphatic heterocycles. The molecule has 140 valence electrons. The SMILES string of the molecule is COc1ccc(C)cc1S(=O)(=O)N1CCN(c2ccc(C)c(Cl)c2)CC1. The van der Waals surface area contributed by atoms with Crippen LogP contribution in [0.15, 0.2) is 41.3 Å². The summed E-state index contributed by atoms with van der Waals surface area (Å²) in [6.07, 6.45) is 0. The predicted octanol–water partition coefficient (Wildman–Crippen LogP) is 3.48. The van der Waals surface area contributed by atoms with Gasteiger partial charge in [-0.05, 0) is 49.2 Å². The molecule has 0 N–H and O–H groups in total. The fourth-order valence-electron chi connectivity index (χ4n) is 3.09. The van der Waals surface area contributed by atoms with Crippen molar-refractivity contribution in [2.45, 2.75) is 18.7 Å². The number of piperazine rings is 1. The number of ether oxygens (including phenoxy) is 1. The normalized spacial score (nSPS) is 15.9. The number of halogens is 1. The highest BCUT2D eigenvalue weighted by Crippen LogP contribution is 2.29. The van der Waals surface area contributed by atoms with Crippen LogP contribution in [0.2, 0.25) is 5.02 Å². The van der Waals surface area contributed by atoms with Crippen LogP contribution in [-0.2, 0) is 10.0 Å². The Kier molecular flexibility index (Phi) is 5.46. The van der Waals surface area contributed by atoms with Gasteiger partial charge < -0.3 is 9.64 Å². The lowest BCUT2D eigenvalue weighted by Crippen LogP contribution is -2.48. The number of aryl methyl sites for hydroxylation is 2. The first kappa shape index (κ1) is 19.0. The minimum absolute atomic E-state index is 0.229. The van der Waals surface area contributed by atoms with Gasteiger partial charge in [0, 0.05) is 36.9 Å². The number of sulfonamides is 1. The number of benzene rings is 2. The second-order valence-electron chi connectivity index (χ2n) is 6.48. The number of rotatable bonds is 4. The molecule has 1 heterocycles. The van der Waals surface area contributed by atoms with Crippen LogP contribution in [0, 0.1) is 13.8 Å². The molecule has 7 heteroatoms. The average molecular weight is 395 g/mol. The van der Waals surface area contributed by atoms with Gasteiger partial charge in [-0.25, -0.2) is 8.42 Å². The number of methoxy groups -OCH3 is 1. The van der Waals surface area contributed by atoms with Gasteiger partial charge in [0.2, 0.25) is 10.0 Å². The van der Waals surface area contributed by atoms with Crippen molar-refractivity contribution in [3.8, 4) is 5.75 Å². The van der Waals surface area contributed by atoms with Crippen LogP contribution in [0.25, 0.3) is 0 Å². The van der Waals surface area contributed by atoms with E-state index in [2.05, 4.69) is 4.90 Å². The maximum absolute atomic E-state index is 13.1. The largest absolute Gasteiger partial charge is 0.495 e. The smallest absolute Gasteiger partial charge is 0.246 e. The number of hydrogen-bond donors (Lipinski definition) is 0. The monoisotopic (exact) mass is 394 g/mol. The van der Waals surface area contributed by atoms with E-state index in [9.17, 15) is 8.42 Å². The Bertz CT molecular complexity index is 907. The Morgan fingerprint density at radius 3 is 2.31 bits per heavy atom. The number of nitrogens with zero attached hydrogens (tertiary/aromatic N) is 2. The summed E-state index contributed by atoms with van der Waals surface area (Å²) < 4.78 is 32.9. The van der Waals surface area contributed by atoms with Crippen LogP contribution < -0.4 is 9.64 Å². The minimum Gasteiger partial charge on any atom is -0.495 e. The van der Waals surface area contributed by atoms with E-state index in [-0.39, 0.29) is 4.90 Å². The zero-order valence-electron chi connectivity index (χ0n) is 15.2. The lowest BCUT2D eigenvalue weighted by Gasteiger charge is -2.35. The molecule has 0 amide bonds. The van der Waals surface area contributed by atoms with Crippen molar-refractivity contribution in [2.24, 2.45) is 0 Å². The summed E-state index contributed by atoms with van der Waals surface area (Å²) in [6, 6.07) is 11.2. The summed E-state index contributed by atoms with van der Waals surface area (Å²) in [7, 11) is -2.10. The average Bonchev–Trinajstić information content (AvgIpc) is 2.64. The maximum atomic E-state index is 13.1. The molecule has 26 heavy (non-hydrogen) atoms. The molecule has 3 rings (SSSR count). The molecular weight excluding hydrogens is 372 g/mol. The quantitative estimate of drug-likeness (QED) is 0.796. The van der Waals surface area contributed by atoms with E-state index in [0.717, 1.165) is 21.8 Å². The van der Waals surface area contributed by atoms with Crippen LogP contribution >= 0.6 is 11.6 Å². The molecule has 0 radical (unpaired) electrons. The van der Waals surface area contributed by atoms with Gasteiger partial charge in [-0.15, -0.1) is 0 Å². The Morgan fingerprint density at radius 2 is 1.69 bits per heavy atom. The minimum atomic E-state index is -3.59. The first-order valence-corrected chi connectivity index (χ1v) is 10.3. The Hall–Kier alpha value is -1.76. The third kappa shape index (κ3) is 3.68. The van der Waals surface area contributed by atoms with Gasteiger partial charge in [0.25, 0.3) is 0 Å². The third-order valence-electron chi connectivity index (χ3n) is 4.70. The van der Waals surface area contributed by atoms with Crippen LogP contribution in [0.5, 0.6) is 5.75 Å². The fourth-order valence-corrected chi connectivity index (χ4v) is 4.93. The van der Waals surface area contributed by atoms with E-state index in [1.165, 1.54) is 11.4 Å². The van der Waals surface area contributed by atoms with Crippen LogP contribution in [0.1, 0.15) is 11.1 Å². The van der Waals surface area contributed by atoms with Crippen molar-refractivity contribution >= 4 is 27.3 Å². The van der Waals surface area contributed by atoms with Crippen LogP contribution in [0.3, 0.4) is 0 Å². The number of hydrogen-bond acceptors (Lipinski definition) is 4. The lowest BCUT2D eigenvalue weighted by molar-refractivity contribution is 0.374. The van der Waals surface area contributed by atoms with Crippen LogP contribution in [0.4, 0.5) is 5.69 Å². The van der Waals surface area contributed by atoms with E-state index in [1.807, 2.05) is 38.1 Å². The molecule has 0 aromatic heterocycles. The summed E-state index contributed by atoms with van der Waals surface area (Å²) in [5, 5.41) is 0.724. The molecule has 5 nitrogen and oxygen atoms in total.